The van der Waals surface area contributed by atoms with Crippen LogP contribution in [0.2, 0.25) is 0 Å². The number of carbonyl (C=O) groups is 1. The topological polar surface area (TPSA) is 20.3 Å². The van der Waals surface area contributed by atoms with Gasteiger partial charge in [0.15, 0.2) is 0 Å². The van der Waals surface area contributed by atoms with Crippen LogP contribution in [-0.2, 0) is 4.79 Å². The Morgan fingerprint density at radius 1 is 1.16 bits per heavy atom. The summed E-state index contributed by atoms with van der Waals surface area (Å²) in [5.74, 6) is 2.92. The van der Waals surface area contributed by atoms with Crippen LogP contribution in [0.4, 0.5) is 0 Å². The maximum Gasteiger partial charge on any atom is 0.137 e. The predicted octanol–water partition coefficient (Wildman–Crippen LogP) is 3.99. The molecule has 19 heavy (non-hydrogen) atoms. The first-order valence-electron chi connectivity index (χ1n) is 8.08. The molecular weight excluding hydrogens is 234 g/mol. The van der Waals surface area contributed by atoms with Gasteiger partial charge < -0.3 is 0 Å². The van der Waals surface area contributed by atoms with Crippen molar-refractivity contribution < 1.29 is 4.79 Å². The van der Waals surface area contributed by atoms with Gasteiger partial charge in [0, 0.05) is 31.5 Å². The van der Waals surface area contributed by atoms with E-state index in [9.17, 15) is 4.79 Å². The average Bonchev–Trinajstić information content (AvgIpc) is 2.29. The van der Waals surface area contributed by atoms with Crippen LogP contribution in [0.1, 0.15) is 60.8 Å². The number of rotatable bonds is 6. The first-order chi connectivity index (χ1) is 8.81. The van der Waals surface area contributed by atoms with E-state index in [0.717, 1.165) is 38.3 Å². The second-order valence-electron chi connectivity index (χ2n) is 7.38. The van der Waals surface area contributed by atoms with Crippen LogP contribution in [-0.4, -0.2) is 29.8 Å². The monoisotopic (exact) mass is 267 g/mol. The minimum absolute atomic E-state index is 0.280. The Kier molecular flexibility index (Phi) is 6.52. The quantitative estimate of drug-likeness (QED) is 0.725. The molecule has 2 atom stereocenters. The third-order valence-electron chi connectivity index (χ3n) is 4.53. The molecule has 1 saturated carbocycles. The zero-order valence-electron chi connectivity index (χ0n) is 13.8. The summed E-state index contributed by atoms with van der Waals surface area (Å²) in [6.45, 7) is 15.7. The molecule has 2 nitrogen and oxygen atoms in total. The van der Waals surface area contributed by atoms with E-state index in [-0.39, 0.29) is 5.92 Å². The maximum absolute atomic E-state index is 12.2. The van der Waals surface area contributed by atoms with E-state index in [1.807, 2.05) is 0 Å². The minimum Gasteiger partial charge on any atom is -0.300 e. The van der Waals surface area contributed by atoms with Crippen molar-refractivity contribution >= 4 is 5.78 Å². The molecule has 0 radical (unpaired) electrons. The number of hydrogen-bond donors (Lipinski definition) is 0. The SMILES string of the molecule is CC(C)CN(CC1CC(C(C)C)CCC1=O)C(C)C. The molecule has 0 aromatic carbocycles. The summed E-state index contributed by atoms with van der Waals surface area (Å²) in [5.41, 5.74) is 0. The lowest BCUT2D eigenvalue weighted by atomic mass is 9.75. The second kappa shape index (κ2) is 7.42. The van der Waals surface area contributed by atoms with Gasteiger partial charge in [-0.3, -0.25) is 9.69 Å². The zero-order valence-corrected chi connectivity index (χ0v) is 13.8. The van der Waals surface area contributed by atoms with Crippen LogP contribution >= 0.6 is 0 Å². The predicted molar refractivity (Wildman–Crippen MR) is 82.2 cm³/mol. The van der Waals surface area contributed by atoms with Crippen LogP contribution in [0.5, 0.6) is 0 Å². The van der Waals surface area contributed by atoms with Crippen molar-refractivity contribution in [2.75, 3.05) is 13.1 Å². The van der Waals surface area contributed by atoms with Crippen molar-refractivity contribution in [3.05, 3.63) is 0 Å². The zero-order chi connectivity index (χ0) is 14.6. The Morgan fingerprint density at radius 2 is 1.79 bits per heavy atom. The molecule has 1 fully saturated rings. The molecule has 0 saturated heterocycles. The molecule has 0 spiro atoms. The molecule has 0 bridgehead atoms. The fraction of sp³-hybridized carbons (Fsp3) is 0.941. The third kappa shape index (κ3) is 5.25. The van der Waals surface area contributed by atoms with E-state index in [0.29, 0.717) is 23.7 Å². The summed E-state index contributed by atoms with van der Waals surface area (Å²) in [6.07, 6.45) is 3.03. The maximum atomic E-state index is 12.2. The summed E-state index contributed by atoms with van der Waals surface area (Å²) in [4.78, 5) is 14.7. The number of Topliss-reactive ketones (excluding diaryl/α,β-unsaturated/α-hetero) is 1. The highest BCUT2D eigenvalue weighted by Crippen LogP contribution is 2.32. The smallest absolute Gasteiger partial charge is 0.137 e. The Bertz CT molecular complexity index is 283. The van der Waals surface area contributed by atoms with Gasteiger partial charge >= 0.3 is 0 Å². The number of carbonyl (C=O) groups excluding carboxylic acids is 1. The molecule has 1 rings (SSSR count). The van der Waals surface area contributed by atoms with E-state index in [2.05, 4.69) is 46.4 Å². The second-order valence-corrected chi connectivity index (χ2v) is 7.38. The lowest BCUT2D eigenvalue weighted by Gasteiger charge is -2.36. The van der Waals surface area contributed by atoms with Crippen LogP contribution in [0.25, 0.3) is 0 Å². The average molecular weight is 267 g/mol. The number of ketones is 1. The molecule has 2 unspecified atom stereocenters. The fourth-order valence-corrected chi connectivity index (χ4v) is 3.18. The largest absolute Gasteiger partial charge is 0.300 e. The van der Waals surface area contributed by atoms with Crippen molar-refractivity contribution in [3.8, 4) is 0 Å². The molecule has 0 aromatic rings. The molecular formula is C17H33NO. The number of hydrogen-bond acceptors (Lipinski definition) is 2. The summed E-state index contributed by atoms with van der Waals surface area (Å²) >= 11 is 0. The van der Waals surface area contributed by atoms with Crippen molar-refractivity contribution in [2.24, 2.45) is 23.7 Å². The normalized spacial score (nSPS) is 25.1. The molecule has 0 N–H and O–H groups in total. The van der Waals surface area contributed by atoms with Crippen molar-refractivity contribution in [1.82, 2.24) is 4.90 Å². The molecule has 0 aromatic heterocycles. The molecule has 0 heterocycles. The summed E-state index contributed by atoms with van der Waals surface area (Å²) in [6, 6.07) is 0.537. The fourth-order valence-electron chi connectivity index (χ4n) is 3.18. The van der Waals surface area contributed by atoms with Gasteiger partial charge in [-0.25, -0.2) is 0 Å². The molecule has 0 amide bonds. The molecule has 1 aliphatic rings. The van der Waals surface area contributed by atoms with E-state index < -0.39 is 0 Å². The van der Waals surface area contributed by atoms with E-state index in [1.165, 1.54) is 0 Å². The Balaban J connectivity index is 2.62. The van der Waals surface area contributed by atoms with Crippen LogP contribution in [0.15, 0.2) is 0 Å². The lowest BCUT2D eigenvalue weighted by molar-refractivity contribution is -0.127. The van der Waals surface area contributed by atoms with Gasteiger partial charge in [-0.2, -0.15) is 0 Å². The lowest BCUT2D eigenvalue weighted by Crippen LogP contribution is -2.42. The molecule has 2 heteroatoms. The van der Waals surface area contributed by atoms with Gasteiger partial charge in [0.25, 0.3) is 0 Å². The van der Waals surface area contributed by atoms with Gasteiger partial charge in [-0.15, -0.1) is 0 Å². The summed E-state index contributed by atoms with van der Waals surface area (Å²) in [7, 11) is 0. The van der Waals surface area contributed by atoms with Crippen molar-refractivity contribution in [2.45, 2.75) is 66.8 Å². The highest BCUT2D eigenvalue weighted by atomic mass is 16.1. The van der Waals surface area contributed by atoms with Crippen molar-refractivity contribution in [3.63, 3.8) is 0 Å². The van der Waals surface area contributed by atoms with Gasteiger partial charge in [-0.1, -0.05) is 27.7 Å². The van der Waals surface area contributed by atoms with Gasteiger partial charge in [-0.05, 0) is 44.4 Å². The number of nitrogens with zero attached hydrogens (tertiary/aromatic N) is 1. The molecule has 0 aliphatic heterocycles. The first kappa shape index (κ1) is 16.7. The Labute approximate surface area is 119 Å². The standard InChI is InChI=1S/C17H33NO/c1-12(2)10-18(14(5)6)11-16-9-15(13(3)4)7-8-17(16)19/h12-16H,7-11H2,1-6H3. The minimum atomic E-state index is 0.280. The van der Waals surface area contributed by atoms with E-state index in [1.54, 1.807) is 0 Å². The molecule has 1 aliphatic carbocycles. The molecule has 112 valence electrons. The van der Waals surface area contributed by atoms with Crippen LogP contribution in [0.3, 0.4) is 0 Å². The van der Waals surface area contributed by atoms with Gasteiger partial charge in [0.2, 0.25) is 0 Å². The third-order valence-corrected chi connectivity index (χ3v) is 4.53. The Hall–Kier alpha value is -0.370. The van der Waals surface area contributed by atoms with Gasteiger partial charge in [0.1, 0.15) is 5.78 Å². The highest BCUT2D eigenvalue weighted by molar-refractivity contribution is 5.82. The van der Waals surface area contributed by atoms with E-state index in [4.69, 9.17) is 0 Å². The van der Waals surface area contributed by atoms with Gasteiger partial charge in [0.05, 0.1) is 0 Å². The summed E-state index contributed by atoms with van der Waals surface area (Å²) in [5, 5.41) is 0. The van der Waals surface area contributed by atoms with Crippen molar-refractivity contribution in [1.29, 1.82) is 0 Å². The van der Waals surface area contributed by atoms with Crippen LogP contribution < -0.4 is 0 Å². The van der Waals surface area contributed by atoms with E-state index >= 15 is 0 Å². The first-order valence-corrected chi connectivity index (χ1v) is 8.08. The summed E-state index contributed by atoms with van der Waals surface area (Å²) < 4.78 is 0. The van der Waals surface area contributed by atoms with Crippen LogP contribution in [0, 0.1) is 23.7 Å². The Morgan fingerprint density at radius 3 is 2.26 bits per heavy atom. The highest BCUT2D eigenvalue weighted by Gasteiger charge is 2.31.